The largest absolute Gasteiger partial charge is 0.378 e. The quantitative estimate of drug-likeness (QED) is 0.849. The highest BCUT2D eigenvalue weighted by atomic mass is 16.5. The Balaban J connectivity index is 1.57. The molecule has 5 nitrogen and oxygen atoms in total. The molecule has 2 aliphatic rings. The second-order valence-corrected chi connectivity index (χ2v) is 5.69. The van der Waals surface area contributed by atoms with Crippen LogP contribution in [0.4, 0.5) is 0 Å². The van der Waals surface area contributed by atoms with Crippen molar-refractivity contribution in [2.75, 3.05) is 19.8 Å². The number of hydrogen-bond acceptors (Lipinski definition) is 5. The van der Waals surface area contributed by atoms with E-state index in [4.69, 9.17) is 9.26 Å². The Labute approximate surface area is 114 Å². The van der Waals surface area contributed by atoms with Crippen LogP contribution in [0.5, 0.6) is 0 Å². The van der Waals surface area contributed by atoms with Crippen LogP contribution < -0.4 is 5.32 Å². The van der Waals surface area contributed by atoms with Gasteiger partial charge in [-0.3, -0.25) is 0 Å². The van der Waals surface area contributed by atoms with E-state index in [9.17, 15) is 0 Å². The molecule has 0 unspecified atom stereocenters. The number of nitrogens with one attached hydrogen (secondary N) is 1. The van der Waals surface area contributed by atoms with E-state index >= 15 is 0 Å². The molecule has 0 spiro atoms. The molecule has 0 radical (unpaired) electrons. The van der Waals surface area contributed by atoms with Gasteiger partial charge in [-0.2, -0.15) is 4.98 Å². The molecule has 1 aliphatic heterocycles. The zero-order chi connectivity index (χ0) is 12.9. The fraction of sp³-hybridized carbons (Fsp3) is 0.857. The Morgan fingerprint density at radius 3 is 2.74 bits per heavy atom. The van der Waals surface area contributed by atoms with Crippen LogP contribution in [0.2, 0.25) is 0 Å². The maximum atomic E-state index is 5.43. The predicted octanol–water partition coefficient (Wildman–Crippen LogP) is 2.24. The van der Waals surface area contributed by atoms with Crippen molar-refractivity contribution in [3.8, 4) is 0 Å². The van der Waals surface area contributed by atoms with E-state index in [0.717, 1.165) is 37.2 Å². The van der Waals surface area contributed by atoms with Crippen molar-refractivity contribution in [3.05, 3.63) is 11.7 Å². The third kappa shape index (κ3) is 3.54. The van der Waals surface area contributed by atoms with Crippen molar-refractivity contribution >= 4 is 0 Å². The van der Waals surface area contributed by atoms with Crippen molar-refractivity contribution in [3.63, 3.8) is 0 Å². The first kappa shape index (κ1) is 13.1. The van der Waals surface area contributed by atoms with Gasteiger partial charge in [-0.1, -0.05) is 30.8 Å². The molecular formula is C14H23N3O2. The van der Waals surface area contributed by atoms with E-state index in [1.165, 1.54) is 38.5 Å². The molecule has 19 heavy (non-hydrogen) atoms. The summed E-state index contributed by atoms with van der Waals surface area (Å²) >= 11 is 0. The Morgan fingerprint density at radius 2 is 2.00 bits per heavy atom. The van der Waals surface area contributed by atoms with Gasteiger partial charge in [0.1, 0.15) is 0 Å². The average Bonchev–Trinajstić information content (AvgIpc) is 2.76. The zero-order valence-electron chi connectivity index (χ0n) is 11.4. The molecule has 0 aromatic carbocycles. The minimum atomic E-state index is 0.0976. The van der Waals surface area contributed by atoms with Crippen LogP contribution >= 0.6 is 0 Å². The minimum absolute atomic E-state index is 0.0976. The average molecular weight is 265 g/mol. The van der Waals surface area contributed by atoms with Crippen LogP contribution in [-0.4, -0.2) is 29.9 Å². The lowest BCUT2D eigenvalue weighted by Crippen LogP contribution is -2.35. The SMILES string of the molecule is C1CCCC(Cc2nc([C@H]3COCCN3)no2)CC1. The summed E-state index contributed by atoms with van der Waals surface area (Å²) in [5.41, 5.74) is 0. The summed E-state index contributed by atoms with van der Waals surface area (Å²) in [6, 6.07) is 0.0976. The van der Waals surface area contributed by atoms with Gasteiger partial charge in [0.05, 0.1) is 19.3 Å². The highest BCUT2D eigenvalue weighted by Gasteiger charge is 2.22. The van der Waals surface area contributed by atoms with E-state index < -0.39 is 0 Å². The van der Waals surface area contributed by atoms with E-state index in [1.54, 1.807) is 0 Å². The van der Waals surface area contributed by atoms with Crippen LogP contribution in [0.15, 0.2) is 4.52 Å². The molecule has 1 aromatic heterocycles. The number of rotatable bonds is 3. The van der Waals surface area contributed by atoms with Gasteiger partial charge in [0, 0.05) is 13.0 Å². The number of aromatic nitrogens is 2. The van der Waals surface area contributed by atoms with Gasteiger partial charge in [-0.15, -0.1) is 0 Å². The van der Waals surface area contributed by atoms with Gasteiger partial charge in [0.2, 0.25) is 5.89 Å². The summed E-state index contributed by atoms with van der Waals surface area (Å²) in [7, 11) is 0. The standard InChI is InChI=1S/C14H23N3O2/c1-2-4-6-11(5-3-1)9-13-16-14(17-19-13)12-10-18-8-7-15-12/h11-12,15H,1-10H2/t12-/m1/s1. The summed E-state index contributed by atoms with van der Waals surface area (Å²) in [4.78, 5) is 4.54. The minimum Gasteiger partial charge on any atom is -0.378 e. The first-order chi connectivity index (χ1) is 9.42. The number of hydrogen-bond donors (Lipinski definition) is 1. The van der Waals surface area contributed by atoms with Crippen molar-refractivity contribution in [2.24, 2.45) is 5.92 Å². The molecule has 5 heteroatoms. The second-order valence-electron chi connectivity index (χ2n) is 5.69. The first-order valence-electron chi connectivity index (χ1n) is 7.55. The molecule has 106 valence electrons. The summed E-state index contributed by atoms with van der Waals surface area (Å²) in [5.74, 6) is 2.28. The lowest BCUT2D eigenvalue weighted by atomic mass is 9.97. The van der Waals surface area contributed by atoms with Crippen LogP contribution in [0.3, 0.4) is 0 Å². The number of ether oxygens (including phenoxy) is 1. The summed E-state index contributed by atoms with van der Waals surface area (Å²) in [6.07, 6.45) is 9.03. The summed E-state index contributed by atoms with van der Waals surface area (Å²) < 4.78 is 10.8. The molecular weight excluding hydrogens is 242 g/mol. The maximum Gasteiger partial charge on any atom is 0.226 e. The lowest BCUT2D eigenvalue weighted by Gasteiger charge is -2.20. The molecule has 0 amide bonds. The Bertz CT molecular complexity index is 380. The van der Waals surface area contributed by atoms with Crippen LogP contribution in [-0.2, 0) is 11.2 Å². The third-order valence-corrected chi connectivity index (χ3v) is 4.16. The van der Waals surface area contributed by atoms with Gasteiger partial charge in [0.15, 0.2) is 5.82 Å². The van der Waals surface area contributed by atoms with Gasteiger partial charge < -0.3 is 14.6 Å². The van der Waals surface area contributed by atoms with Gasteiger partial charge >= 0.3 is 0 Å². The molecule has 1 saturated carbocycles. The predicted molar refractivity (Wildman–Crippen MR) is 70.8 cm³/mol. The first-order valence-corrected chi connectivity index (χ1v) is 7.55. The van der Waals surface area contributed by atoms with Gasteiger partial charge in [-0.05, 0) is 18.8 Å². The van der Waals surface area contributed by atoms with Crippen molar-refractivity contribution < 1.29 is 9.26 Å². The Kier molecular flexibility index (Phi) is 4.45. The van der Waals surface area contributed by atoms with E-state index in [1.807, 2.05) is 0 Å². The topological polar surface area (TPSA) is 60.2 Å². The van der Waals surface area contributed by atoms with Crippen LogP contribution in [0.1, 0.15) is 56.3 Å². The fourth-order valence-electron chi connectivity index (χ4n) is 3.04. The fourth-order valence-corrected chi connectivity index (χ4v) is 3.04. The normalized spacial score (nSPS) is 26.2. The van der Waals surface area contributed by atoms with E-state index in [0.29, 0.717) is 6.61 Å². The molecule has 1 aliphatic carbocycles. The van der Waals surface area contributed by atoms with Crippen molar-refractivity contribution in [1.29, 1.82) is 0 Å². The monoisotopic (exact) mass is 265 g/mol. The molecule has 2 heterocycles. The highest BCUT2D eigenvalue weighted by molar-refractivity contribution is 4.96. The molecule has 1 N–H and O–H groups in total. The number of nitrogens with zero attached hydrogens (tertiary/aromatic N) is 2. The molecule has 1 aromatic rings. The lowest BCUT2D eigenvalue weighted by molar-refractivity contribution is 0.0734. The molecule has 3 rings (SSSR count). The molecule has 2 fully saturated rings. The Morgan fingerprint density at radius 1 is 1.16 bits per heavy atom. The third-order valence-electron chi connectivity index (χ3n) is 4.16. The molecule has 0 bridgehead atoms. The maximum absolute atomic E-state index is 5.43. The van der Waals surface area contributed by atoms with Crippen molar-refractivity contribution in [1.82, 2.24) is 15.5 Å². The summed E-state index contributed by atoms with van der Waals surface area (Å²) in [6.45, 7) is 2.27. The van der Waals surface area contributed by atoms with E-state index in [2.05, 4.69) is 15.5 Å². The van der Waals surface area contributed by atoms with Crippen LogP contribution in [0, 0.1) is 5.92 Å². The zero-order valence-corrected chi connectivity index (χ0v) is 11.4. The van der Waals surface area contributed by atoms with Crippen LogP contribution in [0.25, 0.3) is 0 Å². The molecule has 1 saturated heterocycles. The van der Waals surface area contributed by atoms with Crippen molar-refractivity contribution in [2.45, 2.75) is 51.0 Å². The van der Waals surface area contributed by atoms with E-state index in [-0.39, 0.29) is 6.04 Å². The highest BCUT2D eigenvalue weighted by Crippen LogP contribution is 2.26. The molecule has 1 atom stereocenters. The second kappa shape index (κ2) is 6.48. The van der Waals surface area contributed by atoms with Gasteiger partial charge in [-0.25, -0.2) is 0 Å². The Hall–Kier alpha value is -0.940. The number of morpholine rings is 1. The van der Waals surface area contributed by atoms with Gasteiger partial charge in [0.25, 0.3) is 0 Å². The summed E-state index contributed by atoms with van der Waals surface area (Å²) in [5, 5.41) is 7.45. The smallest absolute Gasteiger partial charge is 0.226 e.